The molecular formula is C15H17ClN2O2. The molecule has 2 atom stereocenters. The molecule has 20 heavy (non-hydrogen) atoms. The van der Waals surface area contributed by atoms with Crippen LogP contribution < -0.4 is 0 Å². The minimum atomic E-state index is -0.373. The fourth-order valence-corrected chi connectivity index (χ4v) is 3.21. The summed E-state index contributed by atoms with van der Waals surface area (Å²) in [6.45, 7) is 6.18. The van der Waals surface area contributed by atoms with Crippen LogP contribution in [0.15, 0.2) is 30.6 Å². The van der Waals surface area contributed by atoms with Gasteiger partial charge in [-0.25, -0.2) is 0 Å². The summed E-state index contributed by atoms with van der Waals surface area (Å²) in [6.07, 6.45) is 3.21. The zero-order chi connectivity index (χ0) is 14.9. The van der Waals surface area contributed by atoms with E-state index < -0.39 is 0 Å². The van der Waals surface area contributed by atoms with Crippen molar-refractivity contribution < 1.29 is 4.92 Å². The maximum atomic E-state index is 11.1. The average molecular weight is 293 g/mol. The van der Waals surface area contributed by atoms with Crippen molar-refractivity contribution in [3.05, 3.63) is 46.3 Å². The van der Waals surface area contributed by atoms with Crippen molar-refractivity contribution >= 4 is 28.1 Å². The maximum Gasteiger partial charge on any atom is 0.278 e. The predicted molar refractivity (Wildman–Crippen MR) is 81.3 cm³/mol. The number of fused-ring (bicyclic) bond motifs is 1. The maximum absolute atomic E-state index is 11.1. The molecular weight excluding hydrogens is 276 g/mol. The number of nitrogens with zero attached hydrogens (tertiary/aromatic N) is 2. The van der Waals surface area contributed by atoms with E-state index in [1.807, 2.05) is 19.1 Å². The number of nitro groups is 1. The molecule has 106 valence electrons. The number of hydrogen-bond donors (Lipinski definition) is 0. The summed E-state index contributed by atoms with van der Waals surface area (Å²) in [5.41, 5.74) is 1.13. The van der Waals surface area contributed by atoms with Crippen LogP contribution in [0.2, 0.25) is 0 Å². The van der Waals surface area contributed by atoms with E-state index in [9.17, 15) is 10.1 Å². The zero-order valence-electron chi connectivity index (χ0n) is 11.7. The van der Waals surface area contributed by atoms with Crippen LogP contribution in [0.3, 0.4) is 0 Å². The third-order valence-electron chi connectivity index (χ3n) is 3.60. The normalized spacial score (nSPS) is 14.4. The van der Waals surface area contributed by atoms with Crippen LogP contribution >= 0.6 is 11.6 Å². The average Bonchev–Trinajstić information content (AvgIpc) is 2.37. The van der Waals surface area contributed by atoms with Gasteiger partial charge in [-0.05, 0) is 29.9 Å². The van der Waals surface area contributed by atoms with Gasteiger partial charge in [0.05, 0.1) is 10.3 Å². The highest BCUT2D eigenvalue weighted by atomic mass is 35.5. The van der Waals surface area contributed by atoms with Crippen LogP contribution in [0.1, 0.15) is 32.3 Å². The summed E-state index contributed by atoms with van der Waals surface area (Å²) in [5.74, 6) is 0.489. The highest BCUT2D eigenvalue weighted by molar-refractivity contribution is 6.21. The molecule has 0 spiro atoms. The Labute approximate surface area is 122 Å². The van der Waals surface area contributed by atoms with Crippen molar-refractivity contribution in [3.63, 3.8) is 0 Å². The number of hydrogen-bond acceptors (Lipinski definition) is 3. The van der Waals surface area contributed by atoms with Crippen LogP contribution in [-0.2, 0) is 0 Å². The molecule has 4 nitrogen and oxygen atoms in total. The first kappa shape index (κ1) is 14.7. The van der Waals surface area contributed by atoms with Gasteiger partial charge in [-0.1, -0.05) is 19.9 Å². The lowest BCUT2D eigenvalue weighted by atomic mass is 9.83. The second-order valence-electron chi connectivity index (χ2n) is 5.30. The van der Waals surface area contributed by atoms with Crippen molar-refractivity contribution in [3.8, 4) is 0 Å². The van der Waals surface area contributed by atoms with E-state index in [0.29, 0.717) is 11.3 Å². The fraction of sp³-hybridized carbons (Fsp3) is 0.400. The van der Waals surface area contributed by atoms with Crippen molar-refractivity contribution in [1.82, 2.24) is 4.98 Å². The lowest BCUT2D eigenvalue weighted by molar-refractivity contribution is -0.383. The number of nitro benzene ring substituents is 1. The molecule has 0 aliphatic carbocycles. The van der Waals surface area contributed by atoms with Gasteiger partial charge in [0, 0.05) is 29.8 Å². The van der Waals surface area contributed by atoms with Gasteiger partial charge in [-0.15, -0.1) is 11.6 Å². The van der Waals surface area contributed by atoms with Crippen LogP contribution in [0.4, 0.5) is 5.69 Å². The Balaban J connectivity index is 2.73. The highest BCUT2D eigenvalue weighted by Gasteiger charge is 2.25. The van der Waals surface area contributed by atoms with Crippen LogP contribution in [0.25, 0.3) is 10.8 Å². The van der Waals surface area contributed by atoms with Crippen molar-refractivity contribution in [2.24, 2.45) is 5.92 Å². The number of rotatable bonds is 4. The number of pyridine rings is 1. The molecule has 0 radical (unpaired) electrons. The van der Waals surface area contributed by atoms with Gasteiger partial charge < -0.3 is 0 Å². The van der Waals surface area contributed by atoms with E-state index in [2.05, 4.69) is 18.8 Å². The molecule has 2 rings (SSSR count). The second kappa shape index (κ2) is 5.75. The van der Waals surface area contributed by atoms with E-state index >= 15 is 0 Å². The van der Waals surface area contributed by atoms with Crippen LogP contribution in [0.5, 0.6) is 0 Å². The van der Waals surface area contributed by atoms with E-state index in [-0.39, 0.29) is 21.9 Å². The van der Waals surface area contributed by atoms with E-state index in [4.69, 9.17) is 11.6 Å². The first-order valence-corrected chi connectivity index (χ1v) is 7.02. The first-order valence-electron chi connectivity index (χ1n) is 6.58. The highest BCUT2D eigenvalue weighted by Crippen LogP contribution is 2.38. The van der Waals surface area contributed by atoms with Crippen molar-refractivity contribution in [2.75, 3.05) is 0 Å². The summed E-state index contributed by atoms with van der Waals surface area (Å²) >= 11 is 6.33. The van der Waals surface area contributed by atoms with Crippen LogP contribution in [-0.4, -0.2) is 15.3 Å². The molecule has 0 amide bonds. The van der Waals surface area contributed by atoms with E-state index in [0.717, 1.165) is 10.9 Å². The molecule has 2 aromatic rings. The van der Waals surface area contributed by atoms with Gasteiger partial charge in [-0.2, -0.15) is 0 Å². The van der Waals surface area contributed by atoms with E-state index in [1.165, 1.54) is 0 Å². The summed E-state index contributed by atoms with van der Waals surface area (Å²) < 4.78 is 0. The fourth-order valence-electron chi connectivity index (χ4n) is 2.79. The third kappa shape index (κ3) is 2.61. The molecule has 1 aromatic carbocycles. The van der Waals surface area contributed by atoms with Crippen molar-refractivity contribution in [2.45, 2.75) is 32.1 Å². The molecule has 0 N–H and O–H groups in total. The first-order chi connectivity index (χ1) is 9.43. The number of non-ortho nitro benzene ring substituents is 1. The molecule has 5 heteroatoms. The Kier molecular flexibility index (Phi) is 4.23. The van der Waals surface area contributed by atoms with Crippen LogP contribution in [0, 0.1) is 16.0 Å². The molecule has 2 unspecified atom stereocenters. The van der Waals surface area contributed by atoms with E-state index in [1.54, 1.807) is 18.5 Å². The molecule has 0 saturated heterocycles. The molecule has 0 saturated carbocycles. The van der Waals surface area contributed by atoms with Gasteiger partial charge in [0.15, 0.2) is 0 Å². The molecule has 0 fully saturated rings. The number of benzene rings is 1. The molecule has 1 heterocycles. The Morgan fingerprint density at radius 1 is 1.20 bits per heavy atom. The largest absolute Gasteiger partial charge is 0.278 e. The third-order valence-corrected chi connectivity index (χ3v) is 3.87. The quantitative estimate of drug-likeness (QED) is 0.473. The Hall–Kier alpha value is -1.68. The lowest BCUT2D eigenvalue weighted by Crippen LogP contribution is -2.16. The SMILES string of the molecule is CC(C)C(c1ccc([N+](=O)[O-])c2cnccc12)C(C)Cl. The lowest BCUT2D eigenvalue weighted by Gasteiger charge is -2.25. The summed E-state index contributed by atoms with van der Waals surface area (Å²) in [6, 6.07) is 5.20. The number of alkyl halides is 1. The van der Waals surface area contributed by atoms with Gasteiger partial charge in [-0.3, -0.25) is 15.1 Å². The van der Waals surface area contributed by atoms with Crippen molar-refractivity contribution in [1.29, 1.82) is 0 Å². The predicted octanol–water partition coefficient (Wildman–Crippen LogP) is 4.51. The Morgan fingerprint density at radius 3 is 2.45 bits per heavy atom. The van der Waals surface area contributed by atoms with Gasteiger partial charge >= 0.3 is 0 Å². The second-order valence-corrected chi connectivity index (χ2v) is 5.99. The summed E-state index contributed by atoms with van der Waals surface area (Å²) in [5, 5.41) is 12.5. The molecule has 0 aliphatic rings. The summed E-state index contributed by atoms with van der Waals surface area (Å²) in [7, 11) is 0. The smallest absolute Gasteiger partial charge is 0.264 e. The zero-order valence-corrected chi connectivity index (χ0v) is 12.5. The number of halogens is 1. The minimum Gasteiger partial charge on any atom is -0.264 e. The van der Waals surface area contributed by atoms with Gasteiger partial charge in [0.25, 0.3) is 5.69 Å². The van der Waals surface area contributed by atoms with Gasteiger partial charge in [0.2, 0.25) is 0 Å². The van der Waals surface area contributed by atoms with Gasteiger partial charge in [0.1, 0.15) is 0 Å². The standard InChI is InChI=1S/C15H17ClN2O2/c1-9(2)15(10(3)16)12-4-5-14(18(19)20)13-8-17-7-6-11(12)13/h4-10,15H,1-3H3. The Bertz CT molecular complexity index is 633. The Morgan fingerprint density at radius 2 is 1.90 bits per heavy atom. The minimum absolute atomic E-state index is 0.0483. The number of aromatic nitrogens is 1. The monoisotopic (exact) mass is 292 g/mol. The molecule has 0 bridgehead atoms. The molecule has 1 aromatic heterocycles. The summed E-state index contributed by atoms with van der Waals surface area (Å²) in [4.78, 5) is 14.8. The molecule has 0 aliphatic heterocycles. The topological polar surface area (TPSA) is 56.0 Å².